The number of thiazole rings is 1. The average molecular weight is 349 g/mol. The zero-order valence-electron chi connectivity index (χ0n) is 14.0. The molecule has 0 saturated carbocycles. The minimum atomic E-state index is -0.783. The van der Waals surface area contributed by atoms with E-state index in [1.165, 1.54) is 11.3 Å². The highest BCUT2D eigenvalue weighted by molar-refractivity contribution is 7.17. The van der Waals surface area contributed by atoms with E-state index in [9.17, 15) is 9.90 Å². The Labute approximate surface area is 145 Å². The average Bonchev–Trinajstić information content (AvgIpc) is 3.17. The lowest BCUT2D eigenvalue weighted by atomic mass is 9.91. The van der Waals surface area contributed by atoms with E-state index in [0.717, 1.165) is 17.4 Å². The zero-order valence-corrected chi connectivity index (χ0v) is 14.8. The maximum Gasteiger partial charge on any atom is 0.265 e. The molecule has 0 unspecified atom stereocenters. The van der Waals surface area contributed by atoms with Crippen LogP contribution in [0.2, 0.25) is 0 Å². The molecule has 0 aromatic carbocycles. The van der Waals surface area contributed by atoms with E-state index < -0.39 is 5.60 Å². The Morgan fingerprint density at radius 3 is 2.83 bits per heavy atom. The summed E-state index contributed by atoms with van der Waals surface area (Å²) in [7, 11) is 0. The second kappa shape index (κ2) is 6.90. The van der Waals surface area contributed by atoms with Gasteiger partial charge in [0.05, 0.1) is 24.2 Å². The van der Waals surface area contributed by atoms with Crippen LogP contribution in [-0.2, 0) is 6.54 Å². The minimum absolute atomic E-state index is 0.0128. The first-order valence-electron chi connectivity index (χ1n) is 8.19. The number of hydrogen-bond acceptors (Lipinski definition) is 6. The maximum atomic E-state index is 12.7. The normalized spacial score (nSPS) is 17.0. The molecule has 2 N–H and O–H groups in total. The smallest absolute Gasteiger partial charge is 0.265 e. The first-order chi connectivity index (χ1) is 11.5. The summed E-state index contributed by atoms with van der Waals surface area (Å²) in [5.74, 6) is 0.0128. The van der Waals surface area contributed by atoms with E-state index in [1.807, 2.05) is 29.5 Å². The number of piperidine rings is 1. The minimum Gasteiger partial charge on any atom is -0.388 e. The first kappa shape index (κ1) is 16.9. The Bertz CT molecular complexity index is 689. The SMILES string of the molecule is CCNc1nc(C)c(C(=O)N2CCC(O)(Cn3ccnc3)CC2)s1. The molecule has 0 spiro atoms. The second-order valence-electron chi connectivity index (χ2n) is 6.22. The Kier molecular flexibility index (Phi) is 4.86. The largest absolute Gasteiger partial charge is 0.388 e. The van der Waals surface area contributed by atoms with Crippen LogP contribution in [0.1, 0.15) is 35.1 Å². The van der Waals surface area contributed by atoms with Crippen LogP contribution in [0.5, 0.6) is 0 Å². The maximum absolute atomic E-state index is 12.7. The Hall–Kier alpha value is -1.93. The number of nitrogens with zero attached hydrogens (tertiary/aromatic N) is 4. The molecule has 0 atom stereocenters. The summed E-state index contributed by atoms with van der Waals surface area (Å²) in [6.45, 7) is 6.27. The fourth-order valence-corrected chi connectivity index (χ4v) is 3.97. The van der Waals surface area contributed by atoms with Gasteiger partial charge in [-0.15, -0.1) is 0 Å². The van der Waals surface area contributed by atoms with Crippen LogP contribution < -0.4 is 5.32 Å². The number of anilines is 1. The van der Waals surface area contributed by atoms with Gasteiger partial charge in [-0.1, -0.05) is 11.3 Å². The van der Waals surface area contributed by atoms with Crippen molar-refractivity contribution in [1.29, 1.82) is 0 Å². The fraction of sp³-hybridized carbons (Fsp3) is 0.562. The number of hydrogen-bond donors (Lipinski definition) is 2. The van der Waals surface area contributed by atoms with Crippen molar-refractivity contribution in [2.75, 3.05) is 25.0 Å². The van der Waals surface area contributed by atoms with Gasteiger partial charge in [0.25, 0.3) is 5.91 Å². The number of carbonyl (C=O) groups excluding carboxylic acids is 1. The van der Waals surface area contributed by atoms with Crippen molar-refractivity contribution >= 4 is 22.4 Å². The first-order valence-corrected chi connectivity index (χ1v) is 9.01. The van der Waals surface area contributed by atoms with Crippen LogP contribution in [0.4, 0.5) is 5.13 Å². The number of likely N-dealkylation sites (tertiary alicyclic amines) is 1. The molecule has 8 heteroatoms. The van der Waals surface area contributed by atoms with Crippen molar-refractivity contribution in [3.05, 3.63) is 29.3 Å². The number of aryl methyl sites for hydroxylation is 1. The van der Waals surface area contributed by atoms with Gasteiger partial charge >= 0.3 is 0 Å². The summed E-state index contributed by atoms with van der Waals surface area (Å²) < 4.78 is 1.88. The summed E-state index contributed by atoms with van der Waals surface area (Å²) >= 11 is 1.40. The molecule has 24 heavy (non-hydrogen) atoms. The molecular weight excluding hydrogens is 326 g/mol. The molecule has 3 rings (SSSR count). The van der Waals surface area contributed by atoms with Crippen molar-refractivity contribution in [2.45, 2.75) is 38.8 Å². The molecule has 0 radical (unpaired) electrons. The summed E-state index contributed by atoms with van der Waals surface area (Å²) in [6.07, 6.45) is 6.39. The van der Waals surface area contributed by atoms with Crippen LogP contribution in [0.25, 0.3) is 0 Å². The highest BCUT2D eigenvalue weighted by Crippen LogP contribution is 2.28. The summed E-state index contributed by atoms with van der Waals surface area (Å²) in [5, 5.41) is 14.7. The molecule has 2 aromatic rings. The van der Waals surface area contributed by atoms with E-state index in [-0.39, 0.29) is 5.91 Å². The Morgan fingerprint density at radius 1 is 1.46 bits per heavy atom. The van der Waals surface area contributed by atoms with Crippen LogP contribution in [0.15, 0.2) is 18.7 Å². The van der Waals surface area contributed by atoms with E-state index in [0.29, 0.717) is 37.4 Å². The molecule has 1 saturated heterocycles. The van der Waals surface area contributed by atoms with Gasteiger partial charge < -0.3 is 19.9 Å². The molecule has 0 aliphatic carbocycles. The number of rotatable bonds is 5. The number of imidazole rings is 1. The quantitative estimate of drug-likeness (QED) is 0.859. The summed E-state index contributed by atoms with van der Waals surface area (Å²) in [6, 6.07) is 0. The van der Waals surface area contributed by atoms with Crippen LogP contribution >= 0.6 is 11.3 Å². The Balaban J connectivity index is 1.62. The molecular formula is C16H23N5O2S. The van der Waals surface area contributed by atoms with Gasteiger partial charge in [0.2, 0.25) is 0 Å². The molecule has 1 fully saturated rings. The van der Waals surface area contributed by atoms with Crippen LogP contribution in [0.3, 0.4) is 0 Å². The van der Waals surface area contributed by atoms with E-state index in [1.54, 1.807) is 12.5 Å². The van der Waals surface area contributed by atoms with E-state index >= 15 is 0 Å². The molecule has 7 nitrogen and oxygen atoms in total. The number of carbonyl (C=O) groups is 1. The predicted octanol–water partition coefficient (Wildman–Crippen LogP) is 1.75. The van der Waals surface area contributed by atoms with Crippen molar-refractivity contribution < 1.29 is 9.90 Å². The molecule has 130 valence electrons. The third-order valence-corrected chi connectivity index (χ3v) is 5.44. The lowest BCUT2D eigenvalue weighted by Gasteiger charge is -2.38. The number of amides is 1. The Morgan fingerprint density at radius 2 is 2.21 bits per heavy atom. The van der Waals surface area contributed by atoms with Crippen LogP contribution in [-0.4, -0.2) is 55.7 Å². The standard InChI is InChI=1S/C16H23N5O2S/c1-3-18-15-19-12(2)13(24-15)14(22)21-7-4-16(23,5-8-21)10-20-9-6-17-11-20/h6,9,11,23H,3-5,7-8,10H2,1-2H3,(H,18,19). The van der Waals surface area contributed by atoms with Crippen molar-refractivity contribution in [3.63, 3.8) is 0 Å². The van der Waals surface area contributed by atoms with Crippen LogP contribution in [0, 0.1) is 6.92 Å². The van der Waals surface area contributed by atoms with Crippen molar-refractivity contribution in [3.8, 4) is 0 Å². The third-order valence-electron chi connectivity index (χ3n) is 4.34. The number of aromatic nitrogens is 3. The molecule has 1 aliphatic rings. The fourth-order valence-electron chi connectivity index (χ4n) is 2.97. The van der Waals surface area contributed by atoms with Gasteiger partial charge in [0, 0.05) is 32.0 Å². The van der Waals surface area contributed by atoms with Gasteiger partial charge in [0.1, 0.15) is 4.88 Å². The highest BCUT2D eigenvalue weighted by atomic mass is 32.1. The summed E-state index contributed by atoms with van der Waals surface area (Å²) in [5.41, 5.74) is -0.0185. The lowest BCUT2D eigenvalue weighted by Crippen LogP contribution is -2.48. The molecule has 3 heterocycles. The lowest BCUT2D eigenvalue weighted by molar-refractivity contribution is -0.0291. The predicted molar refractivity (Wildman–Crippen MR) is 93.3 cm³/mol. The molecule has 0 bridgehead atoms. The van der Waals surface area contributed by atoms with E-state index in [4.69, 9.17) is 0 Å². The van der Waals surface area contributed by atoms with Gasteiger partial charge in [-0.05, 0) is 26.7 Å². The summed E-state index contributed by atoms with van der Waals surface area (Å²) in [4.78, 5) is 23.6. The molecule has 1 amide bonds. The number of nitrogens with one attached hydrogen (secondary N) is 1. The van der Waals surface area contributed by atoms with Crippen molar-refractivity contribution in [2.24, 2.45) is 0 Å². The van der Waals surface area contributed by atoms with Gasteiger partial charge in [-0.25, -0.2) is 9.97 Å². The molecule has 2 aromatic heterocycles. The highest BCUT2D eigenvalue weighted by Gasteiger charge is 2.35. The topological polar surface area (TPSA) is 83.3 Å². The molecule has 1 aliphatic heterocycles. The third kappa shape index (κ3) is 3.59. The van der Waals surface area contributed by atoms with Crippen molar-refractivity contribution in [1.82, 2.24) is 19.4 Å². The van der Waals surface area contributed by atoms with Gasteiger partial charge in [0.15, 0.2) is 5.13 Å². The van der Waals surface area contributed by atoms with E-state index in [2.05, 4.69) is 15.3 Å². The number of aliphatic hydroxyl groups is 1. The monoisotopic (exact) mass is 349 g/mol. The zero-order chi connectivity index (χ0) is 17.2. The second-order valence-corrected chi connectivity index (χ2v) is 7.21. The van der Waals surface area contributed by atoms with Gasteiger partial charge in [-0.2, -0.15) is 0 Å². The van der Waals surface area contributed by atoms with Gasteiger partial charge in [-0.3, -0.25) is 4.79 Å².